The molecule has 0 saturated carbocycles. The van der Waals surface area contributed by atoms with E-state index < -0.39 is 53.9 Å². The molecular weight excluding hydrogens is 542 g/mol. The van der Waals surface area contributed by atoms with Crippen molar-refractivity contribution in [1.29, 1.82) is 0 Å². The Morgan fingerprint density at radius 1 is 1.21 bits per heavy atom. The zero-order valence-electron chi connectivity index (χ0n) is 25.1. The molecule has 0 aromatic carbocycles. The number of carbonyl (C=O) groups excluding carboxylic acids is 4. The number of amides is 2. The highest BCUT2D eigenvalue weighted by Gasteiger charge is 2.33. The highest BCUT2D eigenvalue weighted by atomic mass is 16.6. The monoisotopic (exact) mass is 585 g/mol. The second-order valence-corrected chi connectivity index (χ2v) is 10.6. The molecule has 0 spiro atoms. The van der Waals surface area contributed by atoms with Gasteiger partial charge in [-0.3, -0.25) is 14.4 Å². The Morgan fingerprint density at radius 3 is 2.50 bits per heavy atom. The first-order chi connectivity index (χ1) is 19.8. The first-order valence-electron chi connectivity index (χ1n) is 13.8. The first-order valence-corrected chi connectivity index (χ1v) is 13.8. The molecule has 5 N–H and O–H groups in total. The van der Waals surface area contributed by atoms with Crippen LogP contribution in [0, 0.1) is 11.8 Å². The average molecular weight is 586 g/mol. The highest BCUT2D eigenvalue weighted by molar-refractivity contribution is 6.23. The van der Waals surface area contributed by atoms with E-state index in [-0.39, 0.29) is 41.4 Å². The van der Waals surface area contributed by atoms with Gasteiger partial charge in [0.15, 0.2) is 6.10 Å². The van der Waals surface area contributed by atoms with Crippen LogP contribution in [0.25, 0.3) is 0 Å². The second-order valence-electron chi connectivity index (χ2n) is 10.6. The van der Waals surface area contributed by atoms with Crippen LogP contribution in [0.1, 0.15) is 40.5 Å². The predicted molar refractivity (Wildman–Crippen MR) is 158 cm³/mol. The summed E-state index contributed by atoms with van der Waals surface area (Å²) in [6, 6.07) is 0. The molecule has 1 aliphatic carbocycles. The van der Waals surface area contributed by atoms with E-state index in [9.17, 15) is 24.3 Å². The molecule has 2 amide bonds. The van der Waals surface area contributed by atoms with Crippen molar-refractivity contribution in [3.05, 3.63) is 71.1 Å². The summed E-state index contributed by atoms with van der Waals surface area (Å²) in [5.74, 6) is -2.14. The van der Waals surface area contributed by atoms with Gasteiger partial charge in [0.2, 0.25) is 11.6 Å². The summed E-state index contributed by atoms with van der Waals surface area (Å²) in [5, 5.41) is 16.7. The van der Waals surface area contributed by atoms with Crippen LogP contribution in [0.4, 0.5) is 4.79 Å². The van der Waals surface area contributed by atoms with Crippen LogP contribution in [0.2, 0.25) is 0 Å². The summed E-state index contributed by atoms with van der Waals surface area (Å²) >= 11 is 0. The number of aliphatic hydroxyl groups is 1. The van der Waals surface area contributed by atoms with Crippen molar-refractivity contribution in [3.63, 3.8) is 0 Å². The van der Waals surface area contributed by atoms with Crippen molar-refractivity contribution < 1.29 is 38.5 Å². The Hall–Kier alpha value is -3.80. The van der Waals surface area contributed by atoms with Gasteiger partial charge in [-0.15, -0.1) is 6.58 Å². The van der Waals surface area contributed by atoms with Crippen molar-refractivity contribution in [2.75, 3.05) is 20.8 Å². The van der Waals surface area contributed by atoms with Gasteiger partial charge in [0, 0.05) is 43.9 Å². The van der Waals surface area contributed by atoms with E-state index in [1.165, 1.54) is 20.3 Å². The van der Waals surface area contributed by atoms with Crippen LogP contribution in [-0.4, -0.2) is 73.9 Å². The van der Waals surface area contributed by atoms with E-state index in [0.717, 1.165) is 6.08 Å². The van der Waals surface area contributed by atoms with Crippen LogP contribution in [0.15, 0.2) is 71.1 Å². The standard InChI is InChI=1S/C31H43N3O8/c1-8-12-33-26-21-13-17(2)14-25(41-7)27(36)19(4)15-20(5)29(42-31(32)39)24(40-6)11-9-10-18(3)30(38)34-22(28(21)37)16-23(26)35/h8-11,15-17,19,24-25,27,29,33,36H,1,12-14H2,2-7H3,(H2,32,39)(H,34,38)/t17-,19+,24-,25-,27-,29-/m0/s1. The quantitative estimate of drug-likeness (QED) is 0.271. The van der Waals surface area contributed by atoms with Gasteiger partial charge in [0.05, 0.1) is 23.6 Å². The maximum atomic E-state index is 13.5. The topological polar surface area (TPSA) is 166 Å². The van der Waals surface area contributed by atoms with E-state index in [1.54, 1.807) is 45.1 Å². The minimum Gasteiger partial charge on any atom is -0.439 e. The number of ether oxygens (including phenoxy) is 3. The largest absolute Gasteiger partial charge is 0.439 e. The lowest BCUT2D eigenvalue weighted by molar-refractivity contribution is -0.120. The maximum absolute atomic E-state index is 13.5. The van der Waals surface area contributed by atoms with E-state index in [4.69, 9.17) is 19.9 Å². The fraction of sp³-hybridized carbons (Fsp3) is 0.484. The Morgan fingerprint density at radius 2 is 1.90 bits per heavy atom. The van der Waals surface area contributed by atoms with Gasteiger partial charge in [-0.05, 0) is 38.2 Å². The summed E-state index contributed by atoms with van der Waals surface area (Å²) < 4.78 is 16.6. The zero-order chi connectivity index (χ0) is 31.6. The number of rotatable bonds is 6. The van der Waals surface area contributed by atoms with Gasteiger partial charge < -0.3 is 35.7 Å². The lowest BCUT2D eigenvalue weighted by Crippen LogP contribution is -2.37. The molecule has 0 unspecified atom stereocenters. The summed E-state index contributed by atoms with van der Waals surface area (Å²) in [5.41, 5.74) is 6.42. The molecule has 0 radical (unpaired) electrons. The molecule has 0 fully saturated rings. The van der Waals surface area contributed by atoms with Crippen molar-refractivity contribution >= 4 is 23.6 Å². The van der Waals surface area contributed by atoms with E-state index in [0.29, 0.717) is 12.0 Å². The molecule has 2 rings (SSSR count). The average Bonchev–Trinajstić information content (AvgIpc) is 2.94. The number of allylic oxidation sites excluding steroid dienone is 4. The molecule has 1 aliphatic heterocycles. The molecule has 0 aromatic rings. The number of aliphatic hydroxyl groups excluding tert-OH is 1. The fourth-order valence-corrected chi connectivity index (χ4v) is 4.95. The molecule has 2 aliphatic rings. The third kappa shape index (κ3) is 9.10. The third-order valence-corrected chi connectivity index (χ3v) is 7.22. The number of ketones is 2. The molecule has 11 nitrogen and oxygen atoms in total. The van der Waals surface area contributed by atoms with Gasteiger partial charge in [0.25, 0.3) is 5.91 Å². The van der Waals surface area contributed by atoms with Crippen molar-refractivity contribution in [1.82, 2.24) is 10.6 Å². The molecule has 42 heavy (non-hydrogen) atoms. The second kappa shape index (κ2) is 16.0. The Bertz CT molecular complexity index is 1210. The Labute approximate surface area is 247 Å². The number of primary amides is 1. The summed E-state index contributed by atoms with van der Waals surface area (Å²) in [6.07, 6.45) is 5.34. The third-order valence-electron chi connectivity index (χ3n) is 7.22. The smallest absolute Gasteiger partial charge is 0.405 e. The summed E-state index contributed by atoms with van der Waals surface area (Å²) in [6.45, 7) is 10.9. The number of Topliss-reactive ketones (excluding diaryl/α,β-unsaturated/α-hetero) is 1. The summed E-state index contributed by atoms with van der Waals surface area (Å²) in [7, 11) is 2.92. The zero-order valence-corrected chi connectivity index (χ0v) is 25.1. The molecule has 11 heteroatoms. The van der Waals surface area contributed by atoms with Crippen LogP contribution in [-0.2, 0) is 28.6 Å². The van der Waals surface area contributed by atoms with Crippen molar-refractivity contribution in [2.24, 2.45) is 17.6 Å². The number of hydrogen-bond donors (Lipinski definition) is 4. The number of fused-ring (bicyclic) bond motifs is 2. The molecule has 2 bridgehead atoms. The van der Waals surface area contributed by atoms with Crippen LogP contribution in [0.5, 0.6) is 0 Å². The fourth-order valence-electron chi connectivity index (χ4n) is 4.95. The lowest BCUT2D eigenvalue weighted by Gasteiger charge is -2.30. The van der Waals surface area contributed by atoms with Crippen LogP contribution < -0.4 is 16.4 Å². The SMILES string of the molecule is C=CCNC1=C2C[C@H](C)C[C@H](OC)[C@@H](O)[C@H](C)C=C(C)[C@H](OC(N)=O)[C@@H](OC)C=CC=C(C)C(=O)NC(=CC1=O)C2=O. The van der Waals surface area contributed by atoms with Crippen LogP contribution >= 0.6 is 0 Å². The molecule has 0 aromatic heterocycles. The molecule has 0 saturated heterocycles. The number of hydrogen-bond acceptors (Lipinski definition) is 9. The van der Waals surface area contributed by atoms with E-state index in [2.05, 4.69) is 17.2 Å². The minimum absolute atomic E-state index is 0.132. The van der Waals surface area contributed by atoms with Gasteiger partial charge in [-0.2, -0.15) is 0 Å². The molecule has 6 atom stereocenters. The van der Waals surface area contributed by atoms with E-state index >= 15 is 0 Å². The number of methoxy groups -OCH3 is 2. The number of carbonyl (C=O) groups is 4. The number of nitrogens with two attached hydrogens (primary N) is 1. The Kier molecular flexibility index (Phi) is 13.1. The minimum atomic E-state index is -1.00. The first kappa shape index (κ1) is 34.4. The lowest BCUT2D eigenvalue weighted by atomic mass is 9.85. The predicted octanol–water partition coefficient (Wildman–Crippen LogP) is 2.54. The van der Waals surface area contributed by atoms with Crippen LogP contribution in [0.3, 0.4) is 0 Å². The van der Waals surface area contributed by atoms with Gasteiger partial charge in [-0.25, -0.2) is 4.79 Å². The van der Waals surface area contributed by atoms with Crippen molar-refractivity contribution in [3.8, 4) is 0 Å². The van der Waals surface area contributed by atoms with E-state index in [1.807, 2.05) is 6.92 Å². The van der Waals surface area contributed by atoms with Gasteiger partial charge in [-0.1, -0.05) is 44.2 Å². The van der Waals surface area contributed by atoms with Crippen molar-refractivity contribution in [2.45, 2.75) is 65.0 Å². The highest BCUT2D eigenvalue weighted by Crippen LogP contribution is 2.28. The molecule has 1 heterocycles. The maximum Gasteiger partial charge on any atom is 0.405 e. The molecule has 230 valence electrons. The van der Waals surface area contributed by atoms with Gasteiger partial charge in [0.1, 0.15) is 6.10 Å². The number of nitrogens with one attached hydrogen (secondary N) is 2. The Balaban J connectivity index is 2.62. The van der Waals surface area contributed by atoms with Gasteiger partial charge >= 0.3 is 6.09 Å². The molecular formula is C31H43N3O8. The summed E-state index contributed by atoms with van der Waals surface area (Å²) in [4.78, 5) is 51.3. The normalized spacial score (nSPS) is 28.4.